The number of hydrogen-bond acceptors (Lipinski definition) is 0. The van der Waals surface area contributed by atoms with Crippen LogP contribution in [0.2, 0.25) is 15.1 Å². The van der Waals surface area contributed by atoms with Gasteiger partial charge >= 0.3 is 0 Å². The zero-order chi connectivity index (χ0) is 14.8. The van der Waals surface area contributed by atoms with Crippen molar-refractivity contribution in [1.82, 2.24) is 0 Å². The van der Waals surface area contributed by atoms with Gasteiger partial charge in [0, 0.05) is 20.6 Å². The summed E-state index contributed by atoms with van der Waals surface area (Å²) in [6.07, 6.45) is 0. The molecule has 0 atom stereocenters. The van der Waals surface area contributed by atoms with Crippen molar-refractivity contribution >= 4 is 34.8 Å². The predicted octanol–water partition coefficient (Wildman–Crippen LogP) is 6.98. The number of rotatable bonds is 2. The molecule has 0 spiro atoms. The number of hydrogen-bond donors (Lipinski definition) is 0. The van der Waals surface area contributed by atoms with Crippen LogP contribution in [-0.2, 0) is 0 Å². The molecule has 0 amide bonds. The molecule has 0 aliphatic carbocycles. The van der Waals surface area contributed by atoms with Gasteiger partial charge in [-0.3, -0.25) is 0 Å². The Labute approximate surface area is 138 Å². The highest BCUT2D eigenvalue weighted by Gasteiger charge is 2.06. The molecule has 0 bridgehead atoms. The van der Waals surface area contributed by atoms with Crippen molar-refractivity contribution in [2.75, 3.05) is 0 Å². The fourth-order valence-electron chi connectivity index (χ4n) is 2.20. The lowest BCUT2D eigenvalue weighted by Crippen LogP contribution is -1.83. The van der Waals surface area contributed by atoms with E-state index in [0.29, 0.717) is 10.0 Å². The van der Waals surface area contributed by atoms with Gasteiger partial charge in [0.15, 0.2) is 0 Å². The molecule has 3 rings (SSSR count). The summed E-state index contributed by atoms with van der Waals surface area (Å²) in [5, 5.41) is 2.15. The first-order chi connectivity index (χ1) is 10.1. The lowest BCUT2D eigenvalue weighted by Gasteiger charge is -2.08. The van der Waals surface area contributed by atoms with E-state index in [0.717, 1.165) is 27.3 Å². The van der Waals surface area contributed by atoms with Gasteiger partial charge in [0.2, 0.25) is 0 Å². The molecule has 3 heteroatoms. The van der Waals surface area contributed by atoms with Crippen LogP contribution in [0.5, 0.6) is 0 Å². The summed E-state index contributed by atoms with van der Waals surface area (Å²) < 4.78 is 0. The smallest absolute Gasteiger partial charge is 0.0490 e. The van der Waals surface area contributed by atoms with Crippen molar-refractivity contribution < 1.29 is 0 Å². The third-order valence-electron chi connectivity index (χ3n) is 3.30. The quantitative estimate of drug-likeness (QED) is 0.474. The fraction of sp³-hybridized carbons (Fsp3) is 0. The highest BCUT2D eigenvalue weighted by Crippen LogP contribution is 2.33. The van der Waals surface area contributed by atoms with Crippen LogP contribution in [0.15, 0.2) is 66.7 Å². The monoisotopic (exact) mass is 332 g/mol. The van der Waals surface area contributed by atoms with Gasteiger partial charge in [-0.1, -0.05) is 71.2 Å². The topological polar surface area (TPSA) is 0 Å². The normalized spacial score (nSPS) is 10.6. The molecule has 0 nitrogen and oxygen atoms in total. The summed E-state index contributed by atoms with van der Waals surface area (Å²) in [5.74, 6) is 0. The molecule has 0 unspecified atom stereocenters. The molecule has 0 saturated heterocycles. The van der Waals surface area contributed by atoms with E-state index in [1.807, 2.05) is 60.7 Å². The van der Waals surface area contributed by atoms with E-state index in [9.17, 15) is 0 Å². The maximum atomic E-state index is 6.43. The van der Waals surface area contributed by atoms with Crippen molar-refractivity contribution in [1.29, 1.82) is 0 Å². The Bertz CT molecular complexity index is 759. The van der Waals surface area contributed by atoms with Gasteiger partial charge in [-0.15, -0.1) is 0 Å². The van der Waals surface area contributed by atoms with E-state index in [1.165, 1.54) is 0 Å². The zero-order valence-electron chi connectivity index (χ0n) is 11.0. The molecule has 3 aromatic carbocycles. The second kappa shape index (κ2) is 6.11. The molecule has 21 heavy (non-hydrogen) atoms. The van der Waals surface area contributed by atoms with E-state index in [4.69, 9.17) is 34.8 Å². The van der Waals surface area contributed by atoms with Crippen molar-refractivity contribution in [3.8, 4) is 22.3 Å². The Kier molecular flexibility index (Phi) is 4.21. The minimum absolute atomic E-state index is 0.713. The molecule has 3 aromatic rings. The fourth-order valence-corrected chi connectivity index (χ4v) is 2.74. The van der Waals surface area contributed by atoms with Crippen LogP contribution < -0.4 is 0 Å². The molecule has 0 saturated carbocycles. The molecule has 0 aromatic heterocycles. The van der Waals surface area contributed by atoms with Crippen molar-refractivity contribution in [2.45, 2.75) is 0 Å². The van der Waals surface area contributed by atoms with Gasteiger partial charge < -0.3 is 0 Å². The van der Waals surface area contributed by atoms with Crippen LogP contribution in [-0.4, -0.2) is 0 Å². The predicted molar refractivity (Wildman–Crippen MR) is 92.3 cm³/mol. The summed E-state index contributed by atoms with van der Waals surface area (Å²) in [7, 11) is 0. The third kappa shape index (κ3) is 3.24. The molecule has 0 aliphatic rings. The van der Waals surface area contributed by atoms with E-state index in [1.54, 1.807) is 0 Å². The largest absolute Gasteiger partial charge is 0.0843 e. The van der Waals surface area contributed by atoms with Gasteiger partial charge in [0.1, 0.15) is 0 Å². The Hall–Kier alpha value is -1.47. The van der Waals surface area contributed by atoms with Gasteiger partial charge in [-0.05, 0) is 47.0 Å². The van der Waals surface area contributed by atoms with E-state index in [-0.39, 0.29) is 0 Å². The van der Waals surface area contributed by atoms with Crippen molar-refractivity contribution in [3.63, 3.8) is 0 Å². The minimum atomic E-state index is 0.713. The van der Waals surface area contributed by atoms with Gasteiger partial charge in [-0.25, -0.2) is 0 Å². The average molecular weight is 334 g/mol. The SMILES string of the molecule is Clc1ccc(-c2ccc(-c3ccc(Cl)cc3)c(Cl)c2)cc1. The summed E-state index contributed by atoms with van der Waals surface area (Å²) in [5.41, 5.74) is 4.19. The molecule has 0 fully saturated rings. The van der Waals surface area contributed by atoms with E-state index < -0.39 is 0 Å². The van der Waals surface area contributed by atoms with Gasteiger partial charge in [-0.2, -0.15) is 0 Å². The average Bonchev–Trinajstić information content (AvgIpc) is 2.49. The first-order valence-electron chi connectivity index (χ1n) is 6.45. The Morgan fingerprint density at radius 3 is 1.48 bits per heavy atom. The summed E-state index contributed by atoms with van der Waals surface area (Å²) in [4.78, 5) is 0. The summed E-state index contributed by atoms with van der Waals surface area (Å²) >= 11 is 18.3. The summed E-state index contributed by atoms with van der Waals surface area (Å²) in [6, 6.07) is 21.4. The highest BCUT2D eigenvalue weighted by atomic mass is 35.5. The van der Waals surface area contributed by atoms with E-state index in [2.05, 4.69) is 6.07 Å². The van der Waals surface area contributed by atoms with Gasteiger partial charge in [0.25, 0.3) is 0 Å². The molecule has 0 heterocycles. The Balaban J connectivity index is 1.99. The third-order valence-corrected chi connectivity index (χ3v) is 4.12. The first kappa shape index (κ1) is 14.5. The van der Waals surface area contributed by atoms with Crippen molar-refractivity contribution in [3.05, 3.63) is 81.8 Å². The maximum absolute atomic E-state index is 6.43. The number of benzene rings is 3. The van der Waals surface area contributed by atoms with Crippen LogP contribution in [0.3, 0.4) is 0 Å². The minimum Gasteiger partial charge on any atom is -0.0843 e. The first-order valence-corrected chi connectivity index (χ1v) is 7.58. The zero-order valence-corrected chi connectivity index (χ0v) is 13.3. The van der Waals surface area contributed by atoms with E-state index >= 15 is 0 Å². The molecule has 104 valence electrons. The molecular weight excluding hydrogens is 323 g/mol. The lowest BCUT2D eigenvalue weighted by molar-refractivity contribution is 1.59. The second-order valence-corrected chi connectivity index (χ2v) is 5.99. The molecule has 0 N–H and O–H groups in total. The molecular formula is C18H11Cl3. The van der Waals surface area contributed by atoms with Crippen LogP contribution in [0.25, 0.3) is 22.3 Å². The standard InChI is InChI=1S/C18H11Cl3/c19-15-6-1-12(2-7-15)14-5-10-17(18(21)11-14)13-3-8-16(20)9-4-13/h1-11H. The van der Waals surface area contributed by atoms with Crippen LogP contribution >= 0.6 is 34.8 Å². The Morgan fingerprint density at radius 2 is 0.952 bits per heavy atom. The summed E-state index contributed by atoms with van der Waals surface area (Å²) in [6.45, 7) is 0. The second-order valence-electron chi connectivity index (χ2n) is 4.71. The number of halogens is 3. The lowest BCUT2D eigenvalue weighted by atomic mass is 10.0. The van der Waals surface area contributed by atoms with Gasteiger partial charge in [0.05, 0.1) is 0 Å². The Morgan fingerprint density at radius 1 is 0.476 bits per heavy atom. The molecule has 0 radical (unpaired) electrons. The van der Waals surface area contributed by atoms with Crippen LogP contribution in [0.1, 0.15) is 0 Å². The van der Waals surface area contributed by atoms with Crippen LogP contribution in [0.4, 0.5) is 0 Å². The highest BCUT2D eigenvalue weighted by molar-refractivity contribution is 6.34. The molecule has 0 aliphatic heterocycles. The van der Waals surface area contributed by atoms with Crippen molar-refractivity contribution in [2.24, 2.45) is 0 Å². The maximum Gasteiger partial charge on any atom is 0.0490 e. The van der Waals surface area contributed by atoms with Crippen LogP contribution in [0, 0.1) is 0 Å².